The zero-order chi connectivity index (χ0) is 22.2. The Bertz CT molecular complexity index is 1270. The van der Waals surface area contributed by atoms with Crippen LogP contribution in [0.25, 0.3) is 5.52 Å². The Morgan fingerprint density at radius 3 is 2.81 bits per heavy atom. The van der Waals surface area contributed by atoms with Gasteiger partial charge in [-0.3, -0.25) is 9.59 Å². The summed E-state index contributed by atoms with van der Waals surface area (Å²) in [5.41, 5.74) is 0.960. The normalized spacial score (nSPS) is 21.7. The van der Waals surface area contributed by atoms with E-state index in [1.165, 1.54) is 0 Å². The summed E-state index contributed by atoms with van der Waals surface area (Å²) in [4.78, 5) is 35.0. The number of imidazole rings is 1. The van der Waals surface area contributed by atoms with Crippen LogP contribution in [0.5, 0.6) is 0 Å². The number of nitrogens with one attached hydrogen (secondary N) is 1. The Hall–Kier alpha value is -3.51. The van der Waals surface area contributed by atoms with Crippen molar-refractivity contribution in [3.05, 3.63) is 63.6 Å². The Balaban J connectivity index is 1.46. The van der Waals surface area contributed by atoms with Gasteiger partial charge in [-0.1, -0.05) is 19.1 Å². The van der Waals surface area contributed by atoms with Gasteiger partial charge in [-0.2, -0.15) is 10.4 Å². The first kappa shape index (κ1) is 20.4. The maximum atomic E-state index is 13.1. The zero-order valence-electron chi connectivity index (χ0n) is 17.8. The number of rotatable bonds is 3. The van der Waals surface area contributed by atoms with E-state index in [4.69, 9.17) is 9.84 Å². The lowest BCUT2D eigenvalue weighted by atomic mass is 9.97. The fraction of sp³-hybridized carbons (Fsp3) is 0.435. The number of aromatic amines is 1. The molecule has 1 amide bonds. The van der Waals surface area contributed by atoms with Crippen LogP contribution >= 0.6 is 0 Å². The Morgan fingerprint density at radius 2 is 2.03 bits per heavy atom. The third kappa shape index (κ3) is 3.46. The van der Waals surface area contributed by atoms with Gasteiger partial charge in [0.25, 0.3) is 11.5 Å². The number of nitriles is 1. The van der Waals surface area contributed by atoms with Crippen LogP contribution in [-0.4, -0.2) is 56.7 Å². The van der Waals surface area contributed by atoms with Gasteiger partial charge >= 0.3 is 0 Å². The molecule has 4 heterocycles. The van der Waals surface area contributed by atoms with Crippen LogP contribution in [0.4, 0.5) is 0 Å². The molecule has 2 saturated heterocycles. The second kappa shape index (κ2) is 8.20. The van der Waals surface area contributed by atoms with Gasteiger partial charge in [-0.05, 0) is 30.9 Å². The van der Waals surface area contributed by atoms with E-state index in [0.717, 1.165) is 18.7 Å². The molecule has 2 aromatic heterocycles. The van der Waals surface area contributed by atoms with E-state index in [0.29, 0.717) is 48.8 Å². The van der Waals surface area contributed by atoms with Crippen LogP contribution in [0.3, 0.4) is 0 Å². The van der Waals surface area contributed by atoms with E-state index in [9.17, 15) is 14.9 Å². The number of benzene rings is 1. The summed E-state index contributed by atoms with van der Waals surface area (Å²) in [5, 5.41) is 14.1. The topological polar surface area (TPSA) is 116 Å². The van der Waals surface area contributed by atoms with Gasteiger partial charge in [0.2, 0.25) is 0 Å². The second-order valence-electron chi connectivity index (χ2n) is 8.59. The van der Waals surface area contributed by atoms with Gasteiger partial charge < -0.3 is 14.6 Å². The molecule has 1 N–H and O–H groups in total. The number of carbonyl (C=O) groups excluding carboxylic acids is 1. The van der Waals surface area contributed by atoms with Crippen molar-refractivity contribution in [1.29, 1.82) is 5.26 Å². The Kier molecular flexibility index (Phi) is 5.23. The maximum absolute atomic E-state index is 13.1. The fourth-order valence-corrected chi connectivity index (χ4v) is 4.76. The third-order valence-corrected chi connectivity index (χ3v) is 6.56. The molecular weight excluding hydrogens is 408 g/mol. The maximum Gasteiger partial charge on any atom is 0.276 e. The summed E-state index contributed by atoms with van der Waals surface area (Å²) in [6.45, 7) is 4.36. The summed E-state index contributed by atoms with van der Waals surface area (Å²) >= 11 is 0. The monoisotopic (exact) mass is 432 g/mol. The first-order valence-electron chi connectivity index (χ1n) is 10.9. The van der Waals surface area contributed by atoms with Gasteiger partial charge in [0.1, 0.15) is 11.6 Å². The Labute approximate surface area is 184 Å². The van der Waals surface area contributed by atoms with Crippen LogP contribution < -0.4 is 5.56 Å². The van der Waals surface area contributed by atoms with Crippen LogP contribution in [-0.2, 0) is 4.74 Å². The number of hydrogen-bond acceptors (Lipinski definition) is 6. The Morgan fingerprint density at radius 1 is 1.25 bits per heavy atom. The second-order valence-corrected chi connectivity index (χ2v) is 8.59. The molecule has 0 bridgehead atoms. The lowest BCUT2D eigenvalue weighted by Crippen LogP contribution is -2.30. The van der Waals surface area contributed by atoms with Crippen molar-refractivity contribution in [3.63, 3.8) is 0 Å². The minimum atomic E-state index is -0.229. The molecule has 1 aromatic carbocycles. The highest BCUT2D eigenvalue weighted by Crippen LogP contribution is 2.32. The van der Waals surface area contributed by atoms with Crippen molar-refractivity contribution >= 4 is 11.4 Å². The van der Waals surface area contributed by atoms with Crippen LogP contribution in [0.1, 0.15) is 59.2 Å². The van der Waals surface area contributed by atoms with Gasteiger partial charge in [0, 0.05) is 38.1 Å². The molecular formula is C23H24N6O3. The third-order valence-electron chi connectivity index (χ3n) is 6.56. The van der Waals surface area contributed by atoms with Gasteiger partial charge in [0.15, 0.2) is 5.52 Å². The van der Waals surface area contributed by atoms with E-state index < -0.39 is 0 Å². The average molecular weight is 432 g/mol. The molecule has 2 aliphatic rings. The van der Waals surface area contributed by atoms with Crippen molar-refractivity contribution in [3.8, 4) is 6.07 Å². The molecule has 0 spiro atoms. The highest BCUT2D eigenvalue weighted by molar-refractivity contribution is 5.96. The first-order chi connectivity index (χ1) is 15.6. The molecule has 5 rings (SSSR count). The molecule has 2 unspecified atom stereocenters. The predicted octanol–water partition coefficient (Wildman–Crippen LogP) is 2.06. The number of ether oxygens (including phenoxy) is 1. The standard InChI is InChI=1S/C23H24N6O3/c1-14-12-28(23(31)17-5-3-2-4-16(17)10-24)13-18(14)20-26-22(30)19-11-25-21(29(19)27-20)15-6-8-32-9-7-15/h2-5,11,14-15,18H,6-9,12-13H2,1H3,(H,26,27,30). The van der Waals surface area contributed by atoms with Gasteiger partial charge in [0.05, 0.1) is 23.4 Å². The predicted molar refractivity (Wildman–Crippen MR) is 115 cm³/mol. The molecule has 164 valence electrons. The van der Waals surface area contributed by atoms with E-state index in [2.05, 4.69) is 16.0 Å². The largest absolute Gasteiger partial charge is 0.381 e. The molecule has 3 aromatic rings. The van der Waals surface area contributed by atoms with Crippen molar-refractivity contribution < 1.29 is 9.53 Å². The molecule has 9 heteroatoms. The molecule has 32 heavy (non-hydrogen) atoms. The summed E-state index contributed by atoms with van der Waals surface area (Å²) < 4.78 is 7.13. The highest BCUT2D eigenvalue weighted by atomic mass is 16.5. The zero-order valence-corrected chi connectivity index (χ0v) is 17.8. The van der Waals surface area contributed by atoms with Crippen molar-refractivity contribution in [2.75, 3.05) is 26.3 Å². The summed E-state index contributed by atoms with van der Waals surface area (Å²) in [6, 6.07) is 8.92. The van der Waals surface area contributed by atoms with Crippen LogP contribution in [0, 0.1) is 17.2 Å². The lowest BCUT2D eigenvalue weighted by Gasteiger charge is -2.21. The first-order valence-corrected chi connectivity index (χ1v) is 10.9. The number of aromatic nitrogens is 4. The van der Waals surface area contributed by atoms with Gasteiger partial charge in [-0.15, -0.1) is 0 Å². The fourth-order valence-electron chi connectivity index (χ4n) is 4.76. The molecule has 2 aliphatic heterocycles. The summed E-state index contributed by atoms with van der Waals surface area (Å²) in [5.74, 6) is 1.36. The van der Waals surface area contributed by atoms with Crippen LogP contribution in [0.2, 0.25) is 0 Å². The SMILES string of the molecule is CC1CN(C(=O)c2ccccc2C#N)CC1c1nn2c(C3CCOCC3)ncc2c(=O)[nH]1. The molecule has 2 fully saturated rings. The van der Waals surface area contributed by atoms with Crippen molar-refractivity contribution in [1.82, 2.24) is 24.5 Å². The number of nitrogens with zero attached hydrogens (tertiary/aromatic N) is 5. The van der Waals surface area contributed by atoms with Crippen LogP contribution in [0.15, 0.2) is 35.3 Å². The summed E-state index contributed by atoms with van der Waals surface area (Å²) in [6.07, 6.45) is 3.28. The molecule has 0 aliphatic carbocycles. The summed E-state index contributed by atoms with van der Waals surface area (Å²) in [7, 11) is 0. The molecule has 9 nitrogen and oxygen atoms in total. The smallest absolute Gasteiger partial charge is 0.276 e. The van der Waals surface area contributed by atoms with Gasteiger partial charge in [-0.25, -0.2) is 9.50 Å². The number of hydrogen-bond donors (Lipinski definition) is 1. The van der Waals surface area contributed by atoms with E-state index in [-0.39, 0.29) is 29.2 Å². The lowest BCUT2D eigenvalue weighted by molar-refractivity contribution is 0.0786. The number of carbonyl (C=O) groups is 1. The molecule has 0 radical (unpaired) electrons. The highest BCUT2D eigenvalue weighted by Gasteiger charge is 2.36. The number of likely N-dealkylation sites (tertiary alicyclic amines) is 1. The quantitative estimate of drug-likeness (QED) is 0.677. The number of fused-ring (bicyclic) bond motifs is 1. The van der Waals surface area contributed by atoms with E-state index >= 15 is 0 Å². The minimum Gasteiger partial charge on any atom is -0.381 e. The number of H-pyrrole nitrogens is 1. The molecule has 0 saturated carbocycles. The van der Waals surface area contributed by atoms with E-state index in [1.807, 2.05) is 6.92 Å². The van der Waals surface area contributed by atoms with Crippen molar-refractivity contribution in [2.24, 2.45) is 5.92 Å². The number of amides is 1. The van der Waals surface area contributed by atoms with E-state index in [1.54, 1.807) is 39.9 Å². The minimum absolute atomic E-state index is 0.101. The molecule has 2 atom stereocenters. The average Bonchev–Trinajstić information content (AvgIpc) is 3.43. The van der Waals surface area contributed by atoms with Crippen molar-refractivity contribution in [2.45, 2.75) is 31.6 Å².